The van der Waals surface area contributed by atoms with E-state index in [9.17, 15) is 4.79 Å². The van der Waals surface area contributed by atoms with E-state index in [1.165, 1.54) is 22.3 Å². The molecular weight excluding hydrogens is 248 g/mol. The number of rotatable bonds is 4. The van der Waals surface area contributed by atoms with Crippen LogP contribution < -0.4 is 11.1 Å². The Bertz CT molecular complexity index is 393. The molecule has 0 heterocycles. The van der Waals surface area contributed by atoms with E-state index in [2.05, 4.69) is 38.2 Å². The molecule has 0 aromatic heterocycles. The van der Waals surface area contributed by atoms with Gasteiger partial charge in [0.05, 0.1) is 6.04 Å². The van der Waals surface area contributed by atoms with E-state index in [0.717, 1.165) is 6.42 Å². The van der Waals surface area contributed by atoms with Crippen LogP contribution in [0.15, 0.2) is 12.1 Å². The third kappa shape index (κ3) is 4.67. The first kappa shape index (κ1) is 16.9. The van der Waals surface area contributed by atoms with E-state index in [0.29, 0.717) is 6.54 Å². The van der Waals surface area contributed by atoms with Crippen LogP contribution in [0, 0.1) is 20.8 Å². The highest BCUT2D eigenvalue weighted by Gasteiger charge is 2.07. The second-order valence-electron chi connectivity index (χ2n) is 4.71. The molecule has 0 aliphatic rings. The summed E-state index contributed by atoms with van der Waals surface area (Å²) in [7, 11) is 0. The van der Waals surface area contributed by atoms with Crippen molar-refractivity contribution in [1.29, 1.82) is 0 Å². The van der Waals surface area contributed by atoms with Gasteiger partial charge in [-0.15, -0.1) is 12.4 Å². The molecule has 0 saturated heterocycles. The number of hydrogen-bond donors (Lipinski definition) is 2. The molecule has 0 saturated carbocycles. The lowest BCUT2D eigenvalue weighted by atomic mass is 9.97. The number of amides is 1. The van der Waals surface area contributed by atoms with Crippen molar-refractivity contribution in [1.82, 2.24) is 5.32 Å². The maximum absolute atomic E-state index is 11.3. The number of halogens is 1. The van der Waals surface area contributed by atoms with Crippen LogP contribution in [0.1, 0.15) is 29.2 Å². The van der Waals surface area contributed by atoms with Crippen LogP contribution in [0.3, 0.4) is 0 Å². The topological polar surface area (TPSA) is 55.1 Å². The second kappa shape index (κ2) is 7.39. The summed E-state index contributed by atoms with van der Waals surface area (Å²) in [6.45, 7) is 8.66. The van der Waals surface area contributed by atoms with Crippen LogP contribution in [0.4, 0.5) is 0 Å². The van der Waals surface area contributed by atoms with E-state index in [-0.39, 0.29) is 18.3 Å². The van der Waals surface area contributed by atoms with Crippen molar-refractivity contribution in [3.05, 3.63) is 34.4 Å². The van der Waals surface area contributed by atoms with Gasteiger partial charge in [-0.1, -0.05) is 17.7 Å². The number of carbonyl (C=O) groups excluding carboxylic acids is 1. The van der Waals surface area contributed by atoms with Crippen molar-refractivity contribution in [3.8, 4) is 0 Å². The van der Waals surface area contributed by atoms with Crippen LogP contribution >= 0.6 is 12.4 Å². The van der Waals surface area contributed by atoms with Crippen LogP contribution in [-0.2, 0) is 11.2 Å². The summed E-state index contributed by atoms with van der Waals surface area (Å²) in [5.41, 5.74) is 10.7. The Hall–Kier alpha value is -1.06. The molecule has 3 N–H and O–H groups in total. The SMILES string of the molecule is Cc1cc(C)c(CCNC(=O)C(C)N)c(C)c1.Cl. The number of nitrogens with one attached hydrogen (secondary N) is 1. The Kier molecular flexibility index (Phi) is 6.96. The lowest BCUT2D eigenvalue weighted by Gasteiger charge is -2.12. The molecule has 0 radical (unpaired) electrons. The number of hydrogen-bond acceptors (Lipinski definition) is 2. The van der Waals surface area contributed by atoms with Gasteiger partial charge in [-0.25, -0.2) is 0 Å². The van der Waals surface area contributed by atoms with E-state index in [4.69, 9.17) is 5.73 Å². The predicted octanol–water partition coefficient (Wildman–Crippen LogP) is 2.04. The number of carbonyl (C=O) groups is 1. The Balaban J connectivity index is 0.00000289. The summed E-state index contributed by atoms with van der Waals surface area (Å²) in [5, 5.41) is 2.84. The molecule has 1 unspecified atom stereocenters. The van der Waals surface area contributed by atoms with Crippen LogP contribution in [0.2, 0.25) is 0 Å². The molecule has 0 fully saturated rings. The van der Waals surface area contributed by atoms with Crippen molar-refractivity contribution < 1.29 is 4.79 Å². The molecule has 0 aliphatic carbocycles. The molecule has 0 bridgehead atoms. The van der Waals surface area contributed by atoms with Gasteiger partial charge in [-0.3, -0.25) is 4.79 Å². The lowest BCUT2D eigenvalue weighted by molar-refractivity contribution is -0.121. The first-order chi connectivity index (χ1) is 7.91. The minimum atomic E-state index is -0.435. The Labute approximate surface area is 116 Å². The summed E-state index contributed by atoms with van der Waals surface area (Å²) in [6.07, 6.45) is 0.858. The molecule has 102 valence electrons. The summed E-state index contributed by atoms with van der Waals surface area (Å²) in [5.74, 6) is -0.0904. The molecule has 3 nitrogen and oxygen atoms in total. The van der Waals surface area contributed by atoms with Crippen LogP contribution in [0.25, 0.3) is 0 Å². The highest BCUT2D eigenvalue weighted by Crippen LogP contribution is 2.16. The highest BCUT2D eigenvalue weighted by molar-refractivity contribution is 5.85. The molecule has 1 amide bonds. The first-order valence-corrected chi connectivity index (χ1v) is 6.02. The fourth-order valence-corrected chi connectivity index (χ4v) is 2.08. The van der Waals surface area contributed by atoms with E-state index in [1.807, 2.05) is 0 Å². The van der Waals surface area contributed by atoms with Gasteiger partial charge >= 0.3 is 0 Å². The zero-order valence-corrected chi connectivity index (χ0v) is 12.4. The maximum Gasteiger partial charge on any atom is 0.236 e. The third-order valence-corrected chi connectivity index (χ3v) is 2.93. The molecule has 1 rings (SSSR count). The molecular formula is C14H23ClN2O. The zero-order chi connectivity index (χ0) is 13.0. The average molecular weight is 271 g/mol. The molecule has 0 spiro atoms. The fraction of sp³-hybridized carbons (Fsp3) is 0.500. The number of nitrogens with two attached hydrogens (primary N) is 1. The largest absolute Gasteiger partial charge is 0.354 e. The predicted molar refractivity (Wildman–Crippen MR) is 78.3 cm³/mol. The summed E-state index contributed by atoms with van der Waals surface area (Å²) >= 11 is 0. The molecule has 1 aromatic rings. The quantitative estimate of drug-likeness (QED) is 0.880. The van der Waals surface area contributed by atoms with Crippen molar-refractivity contribution in [2.45, 2.75) is 40.2 Å². The van der Waals surface area contributed by atoms with Gasteiger partial charge in [0.25, 0.3) is 0 Å². The maximum atomic E-state index is 11.3. The average Bonchev–Trinajstić information content (AvgIpc) is 2.21. The van der Waals surface area contributed by atoms with Gasteiger partial charge in [-0.2, -0.15) is 0 Å². The summed E-state index contributed by atoms with van der Waals surface area (Å²) < 4.78 is 0. The third-order valence-electron chi connectivity index (χ3n) is 2.93. The van der Waals surface area contributed by atoms with E-state index < -0.39 is 6.04 Å². The minimum Gasteiger partial charge on any atom is -0.354 e. The number of aryl methyl sites for hydroxylation is 3. The fourth-order valence-electron chi connectivity index (χ4n) is 2.08. The standard InChI is InChI=1S/C14H22N2O.ClH/c1-9-7-10(2)13(11(3)8-9)5-6-16-14(17)12(4)15;/h7-8,12H,5-6,15H2,1-4H3,(H,16,17);1H. The lowest BCUT2D eigenvalue weighted by Crippen LogP contribution is -2.39. The van der Waals surface area contributed by atoms with E-state index in [1.54, 1.807) is 6.92 Å². The highest BCUT2D eigenvalue weighted by atomic mass is 35.5. The normalized spacial score (nSPS) is 11.6. The van der Waals surface area contributed by atoms with Crippen molar-refractivity contribution >= 4 is 18.3 Å². The van der Waals surface area contributed by atoms with E-state index >= 15 is 0 Å². The smallest absolute Gasteiger partial charge is 0.236 e. The Morgan fingerprint density at radius 3 is 2.22 bits per heavy atom. The summed E-state index contributed by atoms with van der Waals surface area (Å²) in [4.78, 5) is 11.3. The van der Waals surface area contributed by atoms with Crippen LogP contribution in [-0.4, -0.2) is 18.5 Å². The first-order valence-electron chi connectivity index (χ1n) is 6.02. The van der Waals surface area contributed by atoms with Gasteiger partial charge < -0.3 is 11.1 Å². The van der Waals surface area contributed by atoms with Crippen molar-refractivity contribution in [2.75, 3.05) is 6.54 Å². The van der Waals surface area contributed by atoms with Gasteiger partial charge in [0.2, 0.25) is 5.91 Å². The van der Waals surface area contributed by atoms with Gasteiger partial charge in [-0.05, 0) is 50.8 Å². The molecule has 1 aromatic carbocycles. The molecule has 4 heteroatoms. The second-order valence-corrected chi connectivity index (χ2v) is 4.71. The van der Waals surface area contributed by atoms with Gasteiger partial charge in [0.15, 0.2) is 0 Å². The van der Waals surface area contributed by atoms with Crippen molar-refractivity contribution in [2.24, 2.45) is 5.73 Å². The Morgan fingerprint density at radius 2 is 1.78 bits per heavy atom. The minimum absolute atomic E-state index is 0. The monoisotopic (exact) mass is 270 g/mol. The van der Waals surface area contributed by atoms with Gasteiger partial charge in [0.1, 0.15) is 0 Å². The number of benzene rings is 1. The van der Waals surface area contributed by atoms with Gasteiger partial charge in [0, 0.05) is 6.54 Å². The Morgan fingerprint density at radius 1 is 1.28 bits per heavy atom. The van der Waals surface area contributed by atoms with Crippen LogP contribution in [0.5, 0.6) is 0 Å². The molecule has 18 heavy (non-hydrogen) atoms. The summed E-state index contributed by atoms with van der Waals surface area (Å²) in [6, 6.07) is 3.92. The molecule has 1 atom stereocenters. The van der Waals surface area contributed by atoms with Crippen molar-refractivity contribution in [3.63, 3.8) is 0 Å². The molecule has 0 aliphatic heterocycles. The zero-order valence-electron chi connectivity index (χ0n) is 11.5.